The van der Waals surface area contributed by atoms with E-state index in [9.17, 15) is 0 Å². The lowest BCUT2D eigenvalue weighted by atomic mass is 9.99. The van der Waals surface area contributed by atoms with Crippen LogP contribution in [-0.4, -0.2) is 7.11 Å². The first kappa shape index (κ1) is 12.2. The van der Waals surface area contributed by atoms with Gasteiger partial charge in [0, 0.05) is 15.6 Å². The van der Waals surface area contributed by atoms with Gasteiger partial charge in [-0.25, -0.2) is 0 Å². The van der Waals surface area contributed by atoms with Crippen molar-refractivity contribution in [3.05, 3.63) is 52.9 Å². The van der Waals surface area contributed by atoms with Crippen LogP contribution in [0, 0.1) is 13.8 Å². The topological polar surface area (TPSA) is 9.23 Å². The number of methoxy groups -OCH3 is 1. The van der Waals surface area contributed by atoms with Crippen LogP contribution in [0.2, 0.25) is 0 Å². The molecular formula is C17H16OS. The fourth-order valence-corrected chi connectivity index (χ4v) is 3.60. The Labute approximate surface area is 117 Å². The van der Waals surface area contributed by atoms with E-state index in [-0.39, 0.29) is 0 Å². The molecule has 0 unspecified atom stereocenters. The summed E-state index contributed by atoms with van der Waals surface area (Å²) >= 11 is 1.80. The van der Waals surface area contributed by atoms with E-state index >= 15 is 0 Å². The largest absolute Gasteiger partial charge is 0.496 e. The molecule has 1 aromatic heterocycles. The van der Waals surface area contributed by atoms with Gasteiger partial charge in [-0.2, -0.15) is 0 Å². The summed E-state index contributed by atoms with van der Waals surface area (Å²) in [5, 5.41) is 3.57. The molecule has 3 aromatic rings. The van der Waals surface area contributed by atoms with E-state index in [2.05, 4.69) is 55.6 Å². The Hall–Kier alpha value is -1.80. The standard InChI is InChI=1S/C17H16OS/c1-11-8-13(9-12(2)17(11)18-3)15-10-19-16-7-5-4-6-14(15)16/h4-10H,1-3H3. The second-order valence-corrected chi connectivity index (χ2v) is 5.70. The first-order chi connectivity index (χ1) is 9.20. The predicted octanol–water partition coefficient (Wildman–Crippen LogP) is 5.19. The predicted molar refractivity (Wildman–Crippen MR) is 83.3 cm³/mol. The number of thiophene rings is 1. The minimum absolute atomic E-state index is 0.989. The van der Waals surface area contributed by atoms with Gasteiger partial charge in [0.1, 0.15) is 5.75 Å². The van der Waals surface area contributed by atoms with Gasteiger partial charge >= 0.3 is 0 Å². The molecule has 19 heavy (non-hydrogen) atoms. The Morgan fingerprint density at radius 3 is 2.37 bits per heavy atom. The Kier molecular flexibility index (Phi) is 3.03. The molecule has 0 spiro atoms. The molecule has 0 N–H and O–H groups in total. The second-order valence-electron chi connectivity index (χ2n) is 4.79. The molecule has 0 atom stereocenters. The van der Waals surface area contributed by atoms with Gasteiger partial charge in [0.2, 0.25) is 0 Å². The van der Waals surface area contributed by atoms with Gasteiger partial charge in [0.25, 0.3) is 0 Å². The smallest absolute Gasteiger partial charge is 0.124 e. The van der Waals surface area contributed by atoms with Gasteiger partial charge in [-0.3, -0.25) is 0 Å². The molecular weight excluding hydrogens is 252 g/mol. The zero-order valence-electron chi connectivity index (χ0n) is 11.4. The number of fused-ring (bicyclic) bond motifs is 1. The monoisotopic (exact) mass is 268 g/mol. The van der Waals surface area contributed by atoms with Crippen LogP contribution in [-0.2, 0) is 0 Å². The van der Waals surface area contributed by atoms with Gasteiger partial charge in [0.15, 0.2) is 0 Å². The van der Waals surface area contributed by atoms with Crippen LogP contribution in [0.3, 0.4) is 0 Å². The minimum atomic E-state index is 0.989. The van der Waals surface area contributed by atoms with Crippen LogP contribution >= 0.6 is 11.3 Å². The summed E-state index contributed by atoms with van der Waals surface area (Å²) in [6.07, 6.45) is 0. The van der Waals surface area contributed by atoms with Crippen molar-refractivity contribution in [2.45, 2.75) is 13.8 Å². The van der Waals surface area contributed by atoms with Crippen molar-refractivity contribution in [2.75, 3.05) is 7.11 Å². The third-order valence-electron chi connectivity index (χ3n) is 3.46. The summed E-state index contributed by atoms with van der Waals surface area (Å²) in [6, 6.07) is 13.0. The van der Waals surface area contributed by atoms with Crippen molar-refractivity contribution in [1.82, 2.24) is 0 Å². The maximum absolute atomic E-state index is 5.44. The SMILES string of the molecule is COc1c(C)cc(-c2csc3ccccc23)cc1C. The summed E-state index contributed by atoms with van der Waals surface area (Å²) in [7, 11) is 1.73. The molecule has 0 amide bonds. The molecule has 0 bridgehead atoms. The van der Waals surface area contributed by atoms with E-state index in [0.717, 1.165) is 5.75 Å². The summed E-state index contributed by atoms with van der Waals surface area (Å²) in [5.74, 6) is 0.989. The number of hydrogen-bond acceptors (Lipinski definition) is 2. The second kappa shape index (κ2) is 4.71. The van der Waals surface area contributed by atoms with Crippen LogP contribution < -0.4 is 4.74 Å². The highest BCUT2D eigenvalue weighted by atomic mass is 32.1. The van der Waals surface area contributed by atoms with Gasteiger partial charge in [-0.05, 0) is 54.1 Å². The van der Waals surface area contributed by atoms with E-state index in [4.69, 9.17) is 4.74 Å². The highest BCUT2D eigenvalue weighted by Crippen LogP contribution is 2.36. The van der Waals surface area contributed by atoms with E-state index in [1.807, 2.05) is 0 Å². The molecule has 0 aliphatic heterocycles. The number of ether oxygens (including phenoxy) is 1. The molecule has 2 heteroatoms. The van der Waals surface area contributed by atoms with E-state index in [1.165, 1.54) is 32.3 Å². The first-order valence-corrected chi connectivity index (χ1v) is 7.20. The lowest BCUT2D eigenvalue weighted by Gasteiger charge is -2.11. The van der Waals surface area contributed by atoms with Crippen LogP contribution in [0.25, 0.3) is 21.2 Å². The van der Waals surface area contributed by atoms with E-state index in [0.29, 0.717) is 0 Å². The Morgan fingerprint density at radius 1 is 1.00 bits per heavy atom. The fourth-order valence-electron chi connectivity index (χ4n) is 2.63. The van der Waals surface area contributed by atoms with Gasteiger partial charge < -0.3 is 4.74 Å². The van der Waals surface area contributed by atoms with Gasteiger partial charge in [-0.15, -0.1) is 11.3 Å². The van der Waals surface area contributed by atoms with Crippen molar-refractivity contribution in [3.8, 4) is 16.9 Å². The van der Waals surface area contributed by atoms with E-state index < -0.39 is 0 Å². The lowest BCUT2D eigenvalue weighted by Crippen LogP contribution is -1.91. The summed E-state index contributed by atoms with van der Waals surface area (Å²) in [4.78, 5) is 0. The number of rotatable bonds is 2. The van der Waals surface area contributed by atoms with Crippen LogP contribution in [0.15, 0.2) is 41.8 Å². The zero-order valence-corrected chi connectivity index (χ0v) is 12.2. The lowest BCUT2D eigenvalue weighted by molar-refractivity contribution is 0.408. The molecule has 0 saturated carbocycles. The molecule has 0 aliphatic rings. The number of hydrogen-bond donors (Lipinski definition) is 0. The maximum Gasteiger partial charge on any atom is 0.124 e. The minimum Gasteiger partial charge on any atom is -0.496 e. The molecule has 0 saturated heterocycles. The van der Waals surface area contributed by atoms with Crippen LogP contribution in [0.4, 0.5) is 0 Å². The molecule has 1 heterocycles. The molecule has 2 aromatic carbocycles. The van der Waals surface area contributed by atoms with Crippen LogP contribution in [0.5, 0.6) is 5.75 Å². The molecule has 3 rings (SSSR count). The average Bonchev–Trinajstić information content (AvgIpc) is 2.82. The van der Waals surface area contributed by atoms with Crippen molar-refractivity contribution in [2.24, 2.45) is 0 Å². The Balaban J connectivity index is 2.22. The number of benzene rings is 2. The first-order valence-electron chi connectivity index (χ1n) is 6.32. The Morgan fingerprint density at radius 2 is 1.68 bits per heavy atom. The molecule has 1 nitrogen and oxygen atoms in total. The summed E-state index contributed by atoms with van der Waals surface area (Å²) < 4.78 is 6.77. The van der Waals surface area contributed by atoms with Gasteiger partial charge in [-0.1, -0.05) is 18.2 Å². The Bertz CT molecular complexity index is 717. The number of aryl methyl sites for hydroxylation is 2. The third-order valence-corrected chi connectivity index (χ3v) is 4.42. The van der Waals surface area contributed by atoms with Crippen molar-refractivity contribution in [3.63, 3.8) is 0 Å². The summed E-state index contributed by atoms with van der Waals surface area (Å²) in [6.45, 7) is 4.20. The molecule has 0 aliphatic carbocycles. The molecule has 0 fully saturated rings. The zero-order chi connectivity index (χ0) is 13.4. The summed E-state index contributed by atoms with van der Waals surface area (Å²) in [5.41, 5.74) is 4.96. The van der Waals surface area contributed by atoms with Crippen LogP contribution in [0.1, 0.15) is 11.1 Å². The van der Waals surface area contributed by atoms with Crippen molar-refractivity contribution in [1.29, 1.82) is 0 Å². The molecule has 0 radical (unpaired) electrons. The third kappa shape index (κ3) is 2.02. The van der Waals surface area contributed by atoms with E-state index in [1.54, 1.807) is 18.4 Å². The fraction of sp³-hybridized carbons (Fsp3) is 0.176. The molecule has 96 valence electrons. The van der Waals surface area contributed by atoms with Crippen molar-refractivity contribution < 1.29 is 4.74 Å². The maximum atomic E-state index is 5.44. The normalized spacial score (nSPS) is 10.9. The van der Waals surface area contributed by atoms with Crippen molar-refractivity contribution >= 4 is 21.4 Å². The quantitative estimate of drug-likeness (QED) is 0.621. The highest BCUT2D eigenvalue weighted by molar-refractivity contribution is 7.17. The average molecular weight is 268 g/mol. The van der Waals surface area contributed by atoms with Gasteiger partial charge in [0.05, 0.1) is 7.11 Å². The highest BCUT2D eigenvalue weighted by Gasteiger charge is 2.10.